The number of carbonyl (C=O) groups excluding carboxylic acids is 3. The standard InChI is InChI=1S/C17H17NO5/c1-22-16(20)15-14-8-13(19)7-12(14)9-18(15)17(21)23-10-11-5-3-2-4-6-11/h2-7,14-15H,8-10H2,1H3/t14?,15-/m0/s1. The summed E-state index contributed by atoms with van der Waals surface area (Å²) in [5.41, 5.74) is 1.66. The summed E-state index contributed by atoms with van der Waals surface area (Å²) in [7, 11) is 1.27. The van der Waals surface area contributed by atoms with Crippen molar-refractivity contribution in [2.24, 2.45) is 5.92 Å². The molecule has 0 spiro atoms. The molecule has 0 N–H and O–H groups in total. The molecule has 2 aliphatic rings. The second-order valence-corrected chi connectivity index (χ2v) is 5.63. The predicted octanol–water partition coefficient (Wildman–Crippen LogP) is 1.70. The Morgan fingerprint density at radius 1 is 1.26 bits per heavy atom. The lowest BCUT2D eigenvalue weighted by molar-refractivity contribution is -0.146. The fourth-order valence-electron chi connectivity index (χ4n) is 3.10. The summed E-state index contributed by atoms with van der Waals surface area (Å²) in [4.78, 5) is 37.3. The van der Waals surface area contributed by atoms with Crippen LogP contribution in [-0.2, 0) is 25.7 Å². The van der Waals surface area contributed by atoms with Crippen molar-refractivity contribution in [3.05, 3.63) is 47.5 Å². The lowest BCUT2D eigenvalue weighted by Gasteiger charge is -2.24. The van der Waals surface area contributed by atoms with Crippen LogP contribution in [0.25, 0.3) is 0 Å². The van der Waals surface area contributed by atoms with Gasteiger partial charge in [0.15, 0.2) is 5.78 Å². The molecule has 1 amide bonds. The fourth-order valence-corrected chi connectivity index (χ4v) is 3.10. The molecule has 0 bridgehead atoms. The minimum atomic E-state index is -0.791. The van der Waals surface area contributed by atoms with E-state index in [-0.39, 0.29) is 31.3 Å². The maximum Gasteiger partial charge on any atom is 0.411 e. The number of likely N-dealkylation sites (tertiary alicyclic amines) is 1. The van der Waals surface area contributed by atoms with E-state index in [1.54, 1.807) is 0 Å². The van der Waals surface area contributed by atoms with Gasteiger partial charge in [0.1, 0.15) is 12.6 Å². The number of nitrogens with zero attached hydrogens (tertiary/aromatic N) is 1. The van der Waals surface area contributed by atoms with Crippen molar-refractivity contribution in [3.63, 3.8) is 0 Å². The van der Waals surface area contributed by atoms with Crippen molar-refractivity contribution in [1.29, 1.82) is 0 Å². The van der Waals surface area contributed by atoms with E-state index in [9.17, 15) is 14.4 Å². The number of carbonyl (C=O) groups is 3. The Morgan fingerprint density at radius 2 is 2.00 bits per heavy atom. The van der Waals surface area contributed by atoms with Crippen LogP contribution in [-0.4, -0.2) is 42.4 Å². The number of esters is 1. The average molecular weight is 315 g/mol. The van der Waals surface area contributed by atoms with Gasteiger partial charge in [0.05, 0.1) is 7.11 Å². The van der Waals surface area contributed by atoms with Crippen molar-refractivity contribution < 1.29 is 23.9 Å². The van der Waals surface area contributed by atoms with Gasteiger partial charge in [0.2, 0.25) is 0 Å². The molecule has 1 aliphatic heterocycles. The van der Waals surface area contributed by atoms with Gasteiger partial charge in [-0.2, -0.15) is 0 Å². The number of rotatable bonds is 3. The van der Waals surface area contributed by atoms with Crippen LogP contribution in [0.5, 0.6) is 0 Å². The Hall–Kier alpha value is -2.63. The first kappa shape index (κ1) is 15.3. The van der Waals surface area contributed by atoms with E-state index in [2.05, 4.69) is 0 Å². The second kappa shape index (κ2) is 6.24. The van der Waals surface area contributed by atoms with E-state index in [1.807, 2.05) is 30.3 Å². The van der Waals surface area contributed by atoms with Crippen LogP contribution in [0.1, 0.15) is 12.0 Å². The quantitative estimate of drug-likeness (QED) is 0.794. The van der Waals surface area contributed by atoms with E-state index in [0.717, 1.165) is 11.1 Å². The highest BCUT2D eigenvalue weighted by atomic mass is 16.6. The lowest BCUT2D eigenvalue weighted by Crippen LogP contribution is -2.44. The molecule has 1 saturated heterocycles. The molecule has 2 atom stereocenters. The first-order valence-corrected chi connectivity index (χ1v) is 7.38. The second-order valence-electron chi connectivity index (χ2n) is 5.63. The Morgan fingerprint density at radius 3 is 2.70 bits per heavy atom. The van der Waals surface area contributed by atoms with Gasteiger partial charge in [0, 0.05) is 18.9 Å². The highest BCUT2D eigenvalue weighted by molar-refractivity contribution is 5.96. The largest absolute Gasteiger partial charge is 0.467 e. The van der Waals surface area contributed by atoms with Crippen molar-refractivity contribution in [1.82, 2.24) is 4.90 Å². The molecule has 3 rings (SSSR count). The Labute approximate surface area is 133 Å². The van der Waals surface area contributed by atoms with Gasteiger partial charge in [-0.3, -0.25) is 9.69 Å². The first-order chi connectivity index (χ1) is 11.1. The summed E-state index contributed by atoms with van der Waals surface area (Å²) < 4.78 is 10.1. The third-order valence-electron chi connectivity index (χ3n) is 4.20. The average Bonchev–Trinajstić information content (AvgIpc) is 3.08. The molecule has 23 heavy (non-hydrogen) atoms. The molecule has 0 radical (unpaired) electrons. The summed E-state index contributed by atoms with van der Waals surface area (Å²) in [5, 5.41) is 0. The summed E-state index contributed by atoms with van der Waals surface area (Å²) in [6, 6.07) is 8.51. The number of hydrogen-bond acceptors (Lipinski definition) is 5. The van der Waals surface area contributed by atoms with E-state index in [4.69, 9.17) is 9.47 Å². The topological polar surface area (TPSA) is 72.9 Å². The highest BCUT2D eigenvalue weighted by Gasteiger charge is 2.49. The third kappa shape index (κ3) is 2.97. The van der Waals surface area contributed by atoms with Crippen LogP contribution in [0, 0.1) is 5.92 Å². The smallest absolute Gasteiger partial charge is 0.411 e. The van der Waals surface area contributed by atoms with Gasteiger partial charge in [-0.25, -0.2) is 9.59 Å². The maximum atomic E-state index is 12.3. The number of allylic oxidation sites excluding steroid dienone is 1. The zero-order valence-corrected chi connectivity index (χ0v) is 12.7. The van der Waals surface area contributed by atoms with Gasteiger partial charge >= 0.3 is 12.1 Å². The summed E-state index contributed by atoms with van der Waals surface area (Å²) in [6.07, 6.45) is 1.18. The number of fused-ring (bicyclic) bond motifs is 1. The molecule has 1 unspecified atom stereocenters. The van der Waals surface area contributed by atoms with Crippen LogP contribution in [0.15, 0.2) is 42.0 Å². The van der Waals surface area contributed by atoms with Crippen molar-refractivity contribution in [2.45, 2.75) is 19.1 Å². The Balaban J connectivity index is 1.72. The number of hydrogen-bond donors (Lipinski definition) is 0. The van der Waals surface area contributed by atoms with Gasteiger partial charge in [-0.05, 0) is 17.2 Å². The van der Waals surface area contributed by atoms with Gasteiger partial charge in [0.25, 0.3) is 0 Å². The zero-order valence-electron chi connectivity index (χ0n) is 12.7. The lowest BCUT2D eigenvalue weighted by atomic mass is 9.97. The van der Waals surface area contributed by atoms with Gasteiger partial charge in [-0.15, -0.1) is 0 Å². The molecule has 0 aromatic heterocycles. The number of ketones is 1. The monoisotopic (exact) mass is 315 g/mol. The fraction of sp³-hybridized carbons (Fsp3) is 0.353. The van der Waals surface area contributed by atoms with Gasteiger partial charge in [-0.1, -0.05) is 30.3 Å². The van der Waals surface area contributed by atoms with E-state index >= 15 is 0 Å². The molecule has 0 saturated carbocycles. The third-order valence-corrected chi connectivity index (χ3v) is 4.20. The molecule has 1 aliphatic carbocycles. The van der Waals surface area contributed by atoms with Gasteiger partial charge < -0.3 is 9.47 Å². The van der Waals surface area contributed by atoms with Crippen LogP contribution < -0.4 is 0 Å². The molecule has 6 nitrogen and oxygen atoms in total. The van der Waals surface area contributed by atoms with Crippen molar-refractivity contribution in [2.75, 3.05) is 13.7 Å². The zero-order chi connectivity index (χ0) is 16.4. The summed E-state index contributed by atoms with van der Waals surface area (Å²) in [6.45, 7) is 0.358. The molecular formula is C17H17NO5. The van der Waals surface area contributed by atoms with Crippen LogP contribution in [0.3, 0.4) is 0 Å². The van der Waals surface area contributed by atoms with E-state index in [0.29, 0.717) is 0 Å². The number of ether oxygens (including phenoxy) is 2. The molecule has 1 aromatic carbocycles. The SMILES string of the molecule is COC(=O)[C@@H]1C2CC(=O)C=C2CN1C(=O)OCc1ccccc1. The molecular weight excluding hydrogens is 298 g/mol. The molecule has 1 aromatic rings. The van der Waals surface area contributed by atoms with E-state index in [1.165, 1.54) is 18.1 Å². The number of amides is 1. The van der Waals surface area contributed by atoms with Crippen LogP contribution in [0.2, 0.25) is 0 Å². The highest BCUT2D eigenvalue weighted by Crippen LogP contribution is 2.37. The summed E-state index contributed by atoms with van der Waals surface area (Å²) >= 11 is 0. The van der Waals surface area contributed by atoms with Crippen LogP contribution >= 0.6 is 0 Å². The Bertz CT molecular complexity index is 667. The molecule has 6 heteroatoms. The normalized spacial score (nSPS) is 22.6. The van der Waals surface area contributed by atoms with Crippen molar-refractivity contribution in [3.8, 4) is 0 Å². The number of benzene rings is 1. The predicted molar refractivity (Wildman–Crippen MR) is 80.3 cm³/mol. The summed E-state index contributed by atoms with van der Waals surface area (Å²) in [5.74, 6) is -0.833. The molecule has 120 valence electrons. The number of methoxy groups -OCH3 is 1. The van der Waals surface area contributed by atoms with Crippen molar-refractivity contribution >= 4 is 17.8 Å². The maximum absolute atomic E-state index is 12.3. The van der Waals surface area contributed by atoms with Crippen LogP contribution in [0.4, 0.5) is 4.79 Å². The molecule has 1 heterocycles. The first-order valence-electron chi connectivity index (χ1n) is 7.38. The van der Waals surface area contributed by atoms with E-state index < -0.39 is 18.1 Å². The Kier molecular flexibility index (Phi) is 4.14. The molecule has 1 fully saturated rings. The minimum Gasteiger partial charge on any atom is -0.467 e. The minimum absolute atomic E-state index is 0.0174.